The highest BCUT2D eigenvalue weighted by molar-refractivity contribution is 6.30. The van der Waals surface area contributed by atoms with Gasteiger partial charge >= 0.3 is 0 Å². The number of carbonyl (C=O) groups is 1. The van der Waals surface area contributed by atoms with Crippen LogP contribution in [0.5, 0.6) is 5.75 Å². The third-order valence-corrected chi connectivity index (χ3v) is 4.00. The van der Waals surface area contributed by atoms with E-state index in [0.717, 1.165) is 16.8 Å². The molecule has 25 heavy (non-hydrogen) atoms. The van der Waals surface area contributed by atoms with Gasteiger partial charge < -0.3 is 10.1 Å². The molecule has 2 aromatic carbocycles. The summed E-state index contributed by atoms with van der Waals surface area (Å²) in [6.45, 7) is 3.58. The molecule has 1 aromatic heterocycles. The number of nitrogens with one attached hydrogen (secondary N) is 2. The Morgan fingerprint density at radius 1 is 1.24 bits per heavy atom. The number of rotatable bonds is 5. The van der Waals surface area contributed by atoms with Crippen molar-refractivity contribution in [3.8, 4) is 17.0 Å². The number of anilines is 1. The van der Waals surface area contributed by atoms with Crippen LogP contribution in [0.4, 0.5) is 5.69 Å². The summed E-state index contributed by atoms with van der Waals surface area (Å²) in [4.78, 5) is 12.5. The van der Waals surface area contributed by atoms with E-state index < -0.39 is 6.10 Å². The maximum absolute atomic E-state index is 12.5. The minimum absolute atomic E-state index is 0.257. The molecule has 128 valence electrons. The maximum Gasteiger partial charge on any atom is 0.265 e. The first-order valence-corrected chi connectivity index (χ1v) is 8.25. The molecule has 2 N–H and O–H groups in total. The van der Waals surface area contributed by atoms with Crippen molar-refractivity contribution in [1.82, 2.24) is 10.2 Å². The minimum Gasteiger partial charge on any atom is -0.481 e. The summed E-state index contributed by atoms with van der Waals surface area (Å²) in [5.41, 5.74) is 3.18. The number of ether oxygens (including phenoxy) is 1. The Labute approximate surface area is 151 Å². The molecule has 5 nitrogen and oxygen atoms in total. The first kappa shape index (κ1) is 17.0. The van der Waals surface area contributed by atoms with Crippen LogP contribution in [0.25, 0.3) is 11.3 Å². The number of halogens is 1. The van der Waals surface area contributed by atoms with Gasteiger partial charge in [-0.25, -0.2) is 0 Å². The van der Waals surface area contributed by atoms with Crippen LogP contribution in [0.1, 0.15) is 12.5 Å². The second-order valence-electron chi connectivity index (χ2n) is 5.68. The van der Waals surface area contributed by atoms with Crippen LogP contribution >= 0.6 is 11.6 Å². The number of benzene rings is 2. The van der Waals surface area contributed by atoms with Gasteiger partial charge in [0.25, 0.3) is 5.91 Å². The predicted molar refractivity (Wildman–Crippen MR) is 98.9 cm³/mol. The van der Waals surface area contributed by atoms with Crippen molar-refractivity contribution >= 4 is 23.2 Å². The molecule has 1 heterocycles. The number of aromatic amines is 1. The summed E-state index contributed by atoms with van der Waals surface area (Å²) in [6, 6.07) is 15.0. The molecule has 0 saturated heterocycles. The average Bonchev–Trinajstić information content (AvgIpc) is 3.06. The zero-order chi connectivity index (χ0) is 17.8. The molecular weight excluding hydrogens is 338 g/mol. The molecule has 1 atom stereocenters. The first-order chi connectivity index (χ1) is 12.0. The largest absolute Gasteiger partial charge is 0.481 e. The number of hydrogen-bond donors (Lipinski definition) is 2. The number of nitrogens with zero attached hydrogens (tertiary/aromatic N) is 1. The lowest BCUT2D eigenvalue weighted by Gasteiger charge is -2.16. The summed E-state index contributed by atoms with van der Waals surface area (Å²) in [5.74, 6) is 0.371. The van der Waals surface area contributed by atoms with Gasteiger partial charge in [-0.15, -0.1) is 0 Å². The number of aryl methyl sites for hydroxylation is 1. The van der Waals surface area contributed by atoms with E-state index in [0.29, 0.717) is 16.5 Å². The fourth-order valence-electron chi connectivity index (χ4n) is 2.43. The Balaban J connectivity index is 1.71. The molecule has 6 heteroatoms. The topological polar surface area (TPSA) is 67.0 Å². The zero-order valence-electron chi connectivity index (χ0n) is 13.9. The Morgan fingerprint density at radius 3 is 2.72 bits per heavy atom. The van der Waals surface area contributed by atoms with Crippen molar-refractivity contribution in [2.45, 2.75) is 20.0 Å². The molecule has 0 unspecified atom stereocenters. The molecule has 3 rings (SSSR count). The molecule has 0 saturated carbocycles. The van der Waals surface area contributed by atoms with E-state index in [1.807, 2.05) is 37.3 Å². The predicted octanol–water partition coefficient (Wildman–Crippen LogP) is 4.44. The smallest absolute Gasteiger partial charge is 0.265 e. The van der Waals surface area contributed by atoms with E-state index in [4.69, 9.17) is 16.3 Å². The standard InChI is InChI=1S/C19H18ClN3O2/c1-12-10-15(20)8-9-17(12)25-13(2)19(24)22-16-11-21-23-18(16)14-6-4-3-5-7-14/h3-11,13H,1-2H3,(H,21,23)(H,22,24)/t13-/m1/s1. The Bertz CT molecular complexity index is 877. The summed E-state index contributed by atoms with van der Waals surface area (Å²) in [5, 5.41) is 10.4. The van der Waals surface area contributed by atoms with Gasteiger partial charge in [0.1, 0.15) is 5.75 Å². The van der Waals surface area contributed by atoms with Crippen molar-refractivity contribution in [3.05, 3.63) is 65.3 Å². The number of carbonyl (C=O) groups excluding carboxylic acids is 1. The summed E-state index contributed by atoms with van der Waals surface area (Å²) in [6.07, 6.45) is 0.916. The molecule has 0 aliphatic heterocycles. The third-order valence-electron chi connectivity index (χ3n) is 3.77. The van der Waals surface area contributed by atoms with Crippen molar-refractivity contribution in [2.75, 3.05) is 5.32 Å². The molecule has 0 radical (unpaired) electrons. The quantitative estimate of drug-likeness (QED) is 0.710. The van der Waals surface area contributed by atoms with E-state index in [9.17, 15) is 4.79 Å². The lowest BCUT2D eigenvalue weighted by Crippen LogP contribution is -2.30. The highest BCUT2D eigenvalue weighted by Gasteiger charge is 2.18. The zero-order valence-corrected chi connectivity index (χ0v) is 14.7. The van der Waals surface area contributed by atoms with Crippen LogP contribution in [0.15, 0.2) is 54.7 Å². The van der Waals surface area contributed by atoms with E-state index in [-0.39, 0.29) is 5.91 Å². The lowest BCUT2D eigenvalue weighted by molar-refractivity contribution is -0.122. The van der Waals surface area contributed by atoms with Crippen molar-refractivity contribution in [3.63, 3.8) is 0 Å². The molecular formula is C19H18ClN3O2. The highest BCUT2D eigenvalue weighted by atomic mass is 35.5. The van der Waals surface area contributed by atoms with E-state index >= 15 is 0 Å². The van der Waals surface area contributed by atoms with Crippen LogP contribution < -0.4 is 10.1 Å². The van der Waals surface area contributed by atoms with Crippen LogP contribution in [0, 0.1) is 6.92 Å². The van der Waals surface area contributed by atoms with Gasteiger partial charge in [0, 0.05) is 10.6 Å². The van der Waals surface area contributed by atoms with Gasteiger partial charge in [0.05, 0.1) is 17.6 Å². The Kier molecular flexibility index (Phi) is 5.05. The second-order valence-corrected chi connectivity index (χ2v) is 6.12. The lowest BCUT2D eigenvalue weighted by atomic mass is 10.1. The fraction of sp³-hybridized carbons (Fsp3) is 0.158. The van der Waals surface area contributed by atoms with Crippen molar-refractivity contribution < 1.29 is 9.53 Å². The molecule has 0 aliphatic carbocycles. The van der Waals surface area contributed by atoms with E-state index in [2.05, 4.69) is 15.5 Å². The highest BCUT2D eigenvalue weighted by Crippen LogP contribution is 2.26. The molecule has 1 amide bonds. The van der Waals surface area contributed by atoms with Crippen molar-refractivity contribution in [2.24, 2.45) is 0 Å². The van der Waals surface area contributed by atoms with Gasteiger partial charge in [0.2, 0.25) is 0 Å². The normalized spacial score (nSPS) is 11.8. The SMILES string of the molecule is Cc1cc(Cl)ccc1O[C@H](C)C(=O)Nc1cn[nH]c1-c1ccccc1. The number of H-pyrrole nitrogens is 1. The van der Waals surface area contributed by atoms with Crippen molar-refractivity contribution in [1.29, 1.82) is 0 Å². The molecule has 0 fully saturated rings. The molecule has 0 spiro atoms. The van der Waals surface area contributed by atoms with E-state index in [1.165, 1.54) is 0 Å². The minimum atomic E-state index is -0.668. The molecule has 0 bridgehead atoms. The molecule has 3 aromatic rings. The first-order valence-electron chi connectivity index (χ1n) is 7.87. The van der Waals surface area contributed by atoms with Gasteiger partial charge in [0.15, 0.2) is 6.10 Å². The third kappa shape index (κ3) is 4.00. The number of amides is 1. The van der Waals surface area contributed by atoms with Crippen LogP contribution in [0.2, 0.25) is 5.02 Å². The van der Waals surface area contributed by atoms with Crippen LogP contribution in [0.3, 0.4) is 0 Å². The van der Waals surface area contributed by atoms with Crippen LogP contribution in [-0.4, -0.2) is 22.2 Å². The summed E-state index contributed by atoms with van der Waals surface area (Å²) in [7, 11) is 0. The second kappa shape index (κ2) is 7.40. The maximum atomic E-state index is 12.5. The monoisotopic (exact) mass is 355 g/mol. The van der Waals surface area contributed by atoms with Gasteiger partial charge in [-0.2, -0.15) is 5.10 Å². The average molecular weight is 356 g/mol. The number of hydrogen-bond acceptors (Lipinski definition) is 3. The fourth-order valence-corrected chi connectivity index (χ4v) is 2.66. The Hall–Kier alpha value is -2.79. The Morgan fingerprint density at radius 2 is 2.00 bits per heavy atom. The van der Waals surface area contributed by atoms with E-state index in [1.54, 1.807) is 31.3 Å². The van der Waals surface area contributed by atoms with Crippen LogP contribution in [-0.2, 0) is 4.79 Å². The molecule has 0 aliphatic rings. The summed E-state index contributed by atoms with van der Waals surface area (Å²) >= 11 is 5.94. The number of aromatic nitrogens is 2. The van der Waals surface area contributed by atoms with Gasteiger partial charge in [-0.3, -0.25) is 9.89 Å². The van der Waals surface area contributed by atoms with Gasteiger partial charge in [-0.1, -0.05) is 41.9 Å². The van der Waals surface area contributed by atoms with Gasteiger partial charge in [-0.05, 0) is 37.6 Å². The summed E-state index contributed by atoms with van der Waals surface area (Å²) < 4.78 is 5.75.